The van der Waals surface area contributed by atoms with Gasteiger partial charge >= 0.3 is 35.5 Å². The van der Waals surface area contributed by atoms with E-state index in [4.69, 9.17) is 4.74 Å². The first-order chi connectivity index (χ1) is 14.4. The summed E-state index contributed by atoms with van der Waals surface area (Å²) in [6.07, 6.45) is 6.66. The van der Waals surface area contributed by atoms with Gasteiger partial charge in [-0.1, -0.05) is 39.0 Å². The number of carboxylic acids is 1. The molecule has 6 nitrogen and oxygen atoms in total. The summed E-state index contributed by atoms with van der Waals surface area (Å²) in [5, 5.41) is 30.8. The number of fused-ring (bicyclic) bond motifs is 1. The Morgan fingerprint density at radius 3 is 2.53 bits per heavy atom. The molecule has 0 bridgehead atoms. The second kappa shape index (κ2) is 12.7. The van der Waals surface area contributed by atoms with Crippen LogP contribution < -0.4 is 34.7 Å². The van der Waals surface area contributed by atoms with Gasteiger partial charge in [0.25, 0.3) is 0 Å². The maximum Gasteiger partial charge on any atom is 1.00 e. The number of aliphatic carboxylic acids is 1. The van der Waals surface area contributed by atoms with E-state index in [1.807, 2.05) is 20.8 Å². The first kappa shape index (κ1) is 29.4. The van der Waals surface area contributed by atoms with Crippen molar-refractivity contribution in [1.82, 2.24) is 0 Å². The van der Waals surface area contributed by atoms with Crippen LogP contribution in [0, 0.1) is 29.1 Å². The van der Waals surface area contributed by atoms with E-state index in [0.717, 1.165) is 6.42 Å². The number of hydrogen-bond donors (Lipinski definition) is 2. The minimum atomic E-state index is -1.32. The Morgan fingerprint density at radius 2 is 1.94 bits per heavy atom. The van der Waals surface area contributed by atoms with Crippen molar-refractivity contribution in [3.8, 4) is 0 Å². The van der Waals surface area contributed by atoms with E-state index in [1.54, 1.807) is 0 Å². The topological polar surface area (TPSA) is 107 Å². The number of carbonyl (C=O) groups is 2. The second-order valence-electron chi connectivity index (χ2n) is 10.2. The van der Waals surface area contributed by atoms with Crippen molar-refractivity contribution in [1.29, 1.82) is 0 Å². The van der Waals surface area contributed by atoms with Gasteiger partial charge in [0.15, 0.2) is 0 Å². The summed E-state index contributed by atoms with van der Waals surface area (Å²) >= 11 is 0. The fraction of sp³-hybridized carbons (Fsp3) is 0.760. The maximum absolute atomic E-state index is 12.8. The number of carboxylic acid groups (broad SMARTS) is 1. The summed E-state index contributed by atoms with van der Waals surface area (Å²) in [5.74, 6) is -0.641. The molecule has 0 aromatic heterocycles. The molecule has 0 aromatic carbocycles. The van der Waals surface area contributed by atoms with Crippen LogP contribution in [0.5, 0.6) is 0 Å². The number of carbonyl (C=O) groups excluding carboxylic acids is 2. The van der Waals surface area contributed by atoms with Gasteiger partial charge in [0.05, 0.1) is 17.6 Å². The molecule has 7 atom stereocenters. The molecular formula is C25H40NaO6-. The standard InChI is InChI=1S/C25H40O6.Na.H/c1-6-25(4,5)24(30)31-21-12-15(2)11-17-8-7-16(3)20(23(17)21)10-9-18(26)13-19(27)14-22(28)29;;/h7-8,11,15-16,18-21,23,26-27H,6,9-10,12-14H2,1-5H3,(H,28,29);;/q;+1;-1/p-1/t15-,16-,18?,19+,20-,21-,23?;;/m0../s1. The van der Waals surface area contributed by atoms with Gasteiger partial charge in [-0.05, 0) is 69.3 Å². The van der Waals surface area contributed by atoms with E-state index in [2.05, 4.69) is 32.1 Å². The third-order valence-electron chi connectivity index (χ3n) is 7.07. The molecule has 7 heteroatoms. The number of allylic oxidation sites excluding steroid dienone is 3. The zero-order valence-electron chi connectivity index (χ0n) is 21.5. The fourth-order valence-corrected chi connectivity index (χ4v) is 4.76. The largest absolute Gasteiger partial charge is 1.00 e. The smallest absolute Gasteiger partial charge is 1.00 e. The average Bonchev–Trinajstić information content (AvgIpc) is 2.66. The zero-order valence-corrected chi connectivity index (χ0v) is 22.5. The quantitative estimate of drug-likeness (QED) is 0.349. The second-order valence-corrected chi connectivity index (χ2v) is 10.2. The van der Waals surface area contributed by atoms with Crippen molar-refractivity contribution in [2.75, 3.05) is 0 Å². The minimum absolute atomic E-state index is 0. The maximum atomic E-state index is 12.8. The molecule has 0 aromatic rings. The van der Waals surface area contributed by atoms with Crippen molar-refractivity contribution in [2.45, 2.75) is 91.5 Å². The Morgan fingerprint density at radius 1 is 1.28 bits per heavy atom. The third kappa shape index (κ3) is 7.98. The van der Waals surface area contributed by atoms with Crippen molar-refractivity contribution in [3.05, 3.63) is 23.8 Å². The Hall–Kier alpha value is -0.660. The number of ether oxygens (including phenoxy) is 1. The molecule has 2 aliphatic rings. The van der Waals surface area contributed by atoms with E-state index in [9.17, 15) is 24.9 Å². The van der Waals surface area contributed by atoms with E-state index >= 15 is 0 Å². The van der Waals surface area contributed by atoms with Crippen LogP contribution in [0.1, 0.15) is 74.6 Å². The van der Waals surface area contributed by atoms with Crippen LogP contribution in [0.15, 0.2) is 23.8 Å². The van der Waals surface area contributed by atoms with Crippen LogP contribution in [-0.4, -0.2) is 40.5 Å². The van der Waals surface area contributed by atoms with Crippen LogP contribution in [0.25, 0.3) is 0 Å². The number of aliphatic hydroxyl groups is 2. The monoisotopic (exact) mass is 459 g/mol. The van der Waals surface area contributed by atoms with E-state index < -0.39 is 30.0 Å². The van der Waals surface area contributed by atoms with Crippen LogP contribution >= 0.6 is 0 Å². The molecule has 2 N–H and O–H groups in total. The Kier molecular flexibility index (Phi) is 11.7. The van der Waals surface area contributed by atoms with Crippen LogP contribution in [0.3, 0.4) is 0 Å². The summed E-state index contributed by atoms with van der Waals surface area (Å²) in [4.78, 5) is 23.5. The summed E-state index contributed by atoms with van der Waals surface area (Å²) < 4.78 is 6.09. The normalized spacial score (nSPS) is 29.2. The summed E-state index contributed by atoms with van der Waals surface area (Å²) in [5.41, 5.74) is 0.669. The zero-order chi connectivity index (χ0) is 23.3. The number of rotatable bonds is 10. The van der Waals surface area contributed by atoms with Gasteiger partial charge in [-0.15, -0.1) is 0 Å². The molecule has 2 unspecified atom stereocenters. The number of esters is 1. The minimum Gasteiger partial charge on any atom is -1.00 e. The predicted octanol–water partition coefficient (Wildman–Crippen LogP) is -0.112. The number of aliphatic hydroxyl groups excluding tert-OH is 2. The van der Waals surface area contributed by atoms with Crippen LogP contribution in [0.2, 0.25) is 0 Å². The van der Waals surface area contributed by atoms with E-state index in [0.29, 0.717) is 25.2 Å². The molecule has 0 radical (unpaired) electrons. The Bertz CT molecular complexity index is 707. The summed E-state index contributed by atoms with van der Waals surface area (Å²) in [7, 11) is 0. The first-order valence-corrected chi connectivity index (χ1v) is 11.6. The molecule has 0 amide bonds. The fourth-order valence-electron chi connectivity index (χ4n) is 4.76. The van der Waals surface area contributed by atoms with Gasteiger partial charge in [0, 0.05) is 18.3 Å². The Balaban J connectivity index is 0.00000512. The van der Waals surface area contributed by atoms with Crippen molar-refractivity contribution in [2.24, 2.45) is 29.1 Å². The van der Waals surface area contributed by atoms with Crippen molar-refractivity contribution in [3.63, 3.8) is 0 Å². The molecule has 2 aliphatic carbocycles. The molecule has 178 valence electrons. The molecule has 0 fully saturated rings. The van der Waals surface area contributed by atoms with Gasteiger partial charge in [-0.3, -0.25) is 4.79 Å². The average molecular weight is 460 g/mol. The van der Waals surface area contributed by atoms with Gasteiger partial charge in [0.1, 0.15) is 6.10 Å². The molecule has 0 spiro atoms. The molecule has 0 saturated heterocycles. The first-order valence-electron chi connectivity index (χ1n) is 11.6. The van der Waals surface area contributed by atoms with Crippen molar-refractivity contribution < 1.29 is 60.6 Å². The van der Waals surface area contributed by atoms with Crippen LogP contribution in [0.4, 0.5) is 0 Å². The predicted molar refractivity (Wildman–Crippen MR) is 118 cm³/mol. The van der Waals surface area contributed by atoms with Gasteiger partial charge in [0.2, 0.25) is 0 Å². The summed E-state index contributed by atoms with van der Waals surface area (Å²) in [6, 6.07) is 0. The van der Waals surface area contributed by atoms with Gasteiger partial charge < -0.3 is 26.3 Å². The van der Waals surface area contributed by atoms with Gasteiger partial charge in [-0.2, -0.15) is 0 Å². The molecule has 0 saturated carbocycles. The molecule has 0 aliphatic heterocycles. The molecular weight excluding hydrogens is 419 g/mol. The van der Waals surface area contributed by atoms with Crippen LogP contribution in [-0.2, 0) is 14.3 Å². The molecule has 0 heterocycles. The third-order valence-corrected chi connectivity index (χ3v) is 7.07. The molecule has 32 heavy (non-hydrogen) atoms. The SMILES string of the molecule is CCC(C)(C)C(=O)O[C@H]1C[C@@H](C)C=C2C=C[C@H](C)[C@H](CCC(O)C[C@@H](O)CC(=O)[O-])C21.[H-].[Na+]. The number of hydrogen-bond acceptors (Lipinski definition) is 6. The van der Waals surface area contributed by atoms with E-state index in [1.165, 1.54) is 5.57 Å². The Labute approximate surface area is 216 Å². The van der Waals surface area contributed by atoms with Gasteiger partial charge in [-0.25, -0.2) is 0 Å². The van der Waals surface area contributed by atoms with E-state index in [-0.39, 0.29) is 67.2 Å². The van der Waals surface area contributed by atoms with Crippen molar-refractivity contribution >= 4 is 11.9 Å². The molecule has 2 rings (SSSR count). The summed E-state index contributed by atoms with van der Waals surface area (Å²) in [6.45, 7) is 10.1.